The zero-order chi connectivity index (χ0) is 19.1. The highest BCUT2D eigenvalue weighted by Gasteiger charge is 2.05. The fraction of sp³-hybridized carbons (Fsp3) is 0.250. The third-order valence-electron chi connectivity index (χ3n) is 4.19. The molecule has 1 heterocycles. The monoisotopic (exact) mass is 492 g/mol. The minimum absolute atomic E-state index is 0. The number of methoxy groups -OCH3 is 1. The summed E-state index contributed by atoms with van der Waals surface area (Å²) in [5, 5.41) is 10.8. The van der Waals surface area contributed by atoms with Crippen LogP contribution in [0.3, 0.4) is 0 Å². The molecule has 3 rings (SSSR count). The summed E-state index contributed by atoms with van der Waals surface area (Å²) in [6.07, 6.45) is 3.20. The summed E-state index contributed by atoms with van der Waals surface area (Å²) in [7, 11) is 3.45. The van der Waals surface area contributed by atoms with Gasteiger partial charge in [0.05, 0.1) is 12.8 Å². The molecule has 0 unspecified atom stereocenters. The van der Waals surface area contributed by atoms with Gasteiger partial charge in [0.2, 0.25) is 0 Å². The van der Waals surface area contributed by atoms with E-state index < -0.39 is 0 Å². The van der Waals surface area contributed by atoms with Gasteiger partial charge < -0.3 is 15.4 Å². The summed E-state index contributed by atoms with van der Waals surface area (Å²) in [4.78, 5) is 8.24. The van der Waals surface area contributed by atoms with Crippen molar-refractivity contribution in [1.29, 1.82) is 0 Å². The summed E-state index contributed by atoms with van der Waals surface area (Å²) in [6.45, 7) is 3.35. The molecule has 0 saturated carbocycles. The van der Waals surface area contributed by atoms with E-state index >= 15 is 0 Å². The molecule has 148 valence electrons. The lowest BCUT2D eigenvalue weighted by Crippen LogP contribution is -2.36. The first kappa shape index (κ1) is 21.7. The molecule has 0 aliphatic carbocycles. The average molecular weight is 492 g/mol. The second kappa shape index (κ2) is 10.6. The van der Waals surface area contributed by atoms with Gasteiger partial charge in [-0.3, -0.25) is 4.99 Å². The second-order valence-electron chi connectivity index (χ2n) is 6.10. The van der Waals surface area contributed by atoms with Crippen LogP contribution < -0.4 is 15.4 Å². The minimum Gasteiger partial charge on any atom is -0.496 e. The number of nitrogens with one attached hydrogen (secondary N) is 2. The van der Waals surface area contributed by atoms with Crippen molar-refractivity contribution < 1.29 is 4.74 Å². The van der Waals surface area contributed by atoms with Crippen LogP contribution in [-0.2, 0) is 13.1 Å². The maximum atomic E-state index is 5.45. The molecule has 7 nitrogen and oxygen atoms in total. The summed E-state index contributed by atoms with van der Waals surface area (Å²) < 4.78 is 7.18. The van der Waals surface area contributed by atoms with E-state index in [2.05, 4.69) is 50.0 Å². The molecule has 0 bridgehead atoms. The predicted octanol–water partition coefficient (Wildman–Crippen LogP) is 3.07. The number of guanidine groups is 1. The van der Waals surface area contributed by atoms with Crippen molar-refractivity contribution in [3.63, 3.8) is 0 Å². The maximum absolute atomic E-state index is 5.45. The lowest BCUT2D eigenvalue weighted by Gasteiger charge is -2.14. The van der Waals surface area contributed by atoms with E-state index in [1.807, 2.05) is 25.1 Å². The van der Waals surface area contributed by atoms with Crippen LogP contribution in [0.25, 0.3) is 5.69 Å². The Morgan fingerprint density at radius 1 is 1.11 bits per heavy atom. The molecule has 0 radical (unpaired) electrons. The van der Waals surface area contributed by atoms with E-state index in [1.54, 1.807) is 25.2 Å². The van der Waals surface area contributed by atoms with Crippen LogP contribution in [0.2, 0.25) is 0 Å². The standard InChI is InChI=1S/C20H24N6O.HI/c1-15-4-7-17(19(10-15)27-3)12-24-20(21-2)23-11-16-5-8-18(9-6-16)26-14-22-13-25-26;/h4-10,13-14H,11-12H2,1-3H3,(H2,21,23,24);1H. The number of halogens is 1. The molecule has 0 aliphatic rings. The van der Waals surface area contributed by atoms with Crippen LogP contribution in [-0.4, -0.2) is 34.9 Å². The van der Waals surface area contributed by atoms with Gasteiger partial charge in [-0.15, -0.1) is 24.0 Å². The molecule has 2 N–H and O–H groups in total. The van der Waals surface area contributed by atoms with Crippen LogP contribution in [0.15, 0.2) is 60.1 Å². The molecular formula is C20H25IN6O. The Hall–Kier alpha value is -2.62. The molecule has 0 spiro atoms. The Balaban J connectivity index is 0.00000280. The third kappa shape index (κ3) is 5.69. The molecule has 1 aromatic heterocycles. The third-order valence-corrected chi connectivity index (χ3v) is 4.19. The molecule has 0 aliphatic heterocycles. The molecular weight excluding hydrogens is 467 g/mol. The van der Waals surface area contributed by atoms with Crippen molar-refractivity contribution >= 4 is 29.9 Å². The molecule has 0 atom stereocenters. The van der Waals surface area contributed by atoms with E-state index in [4.69, 9.17) is 4.74 Å². The number of nitrogens with zero attached hydrogens (tertiary/aromatic N) is 4. The van der Waals surface area contributed by atoms with E-state index in [-0.39, 0.29) is 24.0 Å². The molecule has 8 heteroatoms. The largest absolute Gasteiger partial charge is 0.496 e. The average Bonchev–Trinajstić information content (AvgIpc) is 3.24. The van der Waals surface area contributed by atoms with Gasteiger partial charge in [-0.05, 0) is 36.2 Å². The lowest BCUT2D eigenvalue weighted by molar-refractivity contribution is 0.408. The zero-order valence-corrected chi connectivity index (χ0v) is 18.5. The van der Waals surface area contributed by atoms with Crippen LogP contribution in [0.1, 0.15) is 16.7 Å². The smallest absolute Gasteiger partial charge is 0.191 e. The van der Waals surface area contributed by atoms with E-state index in [0.717, 1.165) is 28.5 Å². The Bertz CT molecular complexity index is 894. The molecule has 2 aromatic carbocycles. The predicted molar refractivity (Wildman–Crippen MR) is 122 cm³/mol. The second-order valence-corrected chi connectivity index (χ2v) is 6.10. The molecule has 3 aromatic rings. The lowest BCUT2D eigenvalue weighted by atomic mass is 10.1. The summed E-state index contributed by atoms with van der Waals surface area (Å²) in [5.41, 5.74) is 4.38. The van der Waals surface area contributed by atoms with Gasteiger partial charge in [-0.2, -0.15) is 5.10 Å². The summed E-state index contributed by atoms with van der Waals surface area (Å²) >= 11 is 0. The number of aliphatic imine (C=N–C) groups is 1. The zero-order valence-electron chi connectivity index (χ0n) is 16.2. The SMILES string of the molecule is CN=C(NCc1ccc(-n2cncn2)cc1)NCc1ccc(C)cc1OC.I. The quantitative estimate of drug-likeness (QED) is 0.314. The number of benzene rings is 2. The Morgan fingerprint density at radius 2 is 1.86 bits per heavy atom. The first-order valence-corrected chi connectivity index (χ1v) is 8.71. The fourth-order valence-corrected chi connectivity index (χ4v) is 2.69. The normalized spacial score (nSPS) is 10.9. The van der Waals surface area contributed by atoms with Crippen molar-refractivity contribution in [1.82, 2.24) is 25.4 Å². The number of aromatic nitrogens is 3. The first-order valence-electron chi connectivity index (χ1n) is 8.71. The van der Waals surface area contributed by atoms with Crippen molar-refractivity contribution in [2.45, 2.75) is 20.0 Å². The van der Waals surface area contributed by atoms with Gasteiger partial charge in [0.1, 0.15) is 18.4 Å². The fourth-order valence-electron chi connectivity index (χ4n) is 2.69. The van der Waals surface area contributed by atoms with E-state index in [1.165, 1.54) is 11.9 Å². The number of rotatable bonds is 6. The molecule has 0 saturated heterocycles. The first-order chi connectivity index (χ1) is 13.2. The van der Waals surface area contributed by atoms with Crippen LogP contribution >= 0.6 is 24.0 Å². The number of aryl methyl sites for hydroxylation is 1. The van der Waals surface area contributed by atoms with Crippen molar-refractivity contribution in [3.8, 4) is 11.4 Å². The molecule has 0 fully saturated rings. The Morgan fingerprint density at radius 3 is 2.50 bits per heavy atom. The van der Waals surface area contributed by atoms with Crippen LogP contribution in [0.4, 0.5) is 0 Å². The van der Waals surface area contributed by atoms with Crippen molar-refractivity contribution in [2.75, 3.05) is 14.2 Å². The molecule has 28 heavy (non-hydrogen) atoms. The van der Waals surface area contributed by atoms with E-state index in [9.17, 15) is 0 Å². The van der Waals surface area contributed by atoms with Gasteiger partial charge >= 0.3 is 0 Å². The number of hydrogen-bond donors (Lipinski definition) is 2. The van der Waals surface area contributed by atoms with Gasteiger partial charge in [0.25, 0.3) is 0 Å². The number of hydrogen-bond acceptors (Lipinski definition) is 4. The van der Waals surface area contributed by atoms with Gasteiger partial charge in [-0.1, -0.05) is 24.3 Å². The highest BCUT2D eigenvalue weighted by atomic mass is 127. The van der Waals surface area contributed by atoms with Gasteiger partial charge in [0.15, 0.2) is 5.96 Å². The van der Waals surface area contributed by atoms with E-state index in [0.29, 0.717) is 13.1 Å². The minimum atomic E-state index is 0. The van der Waals surface area contributed by atoms with Crippen molar-refractivity contribution in [3.05, 3.63) is 71.8 Å². The Labute approximate surface area is 182 Å². The number of ether oxygens (including phenoxy) is 1. The highest BCUT2D eigenvalue weighted by Crippen LogP contribution is 2.19. The van der Waals surface area contributed by atoms with Crippen LogP contribution in [0, 0.1) is 6.92 Å². The summed E-state index contributed by atoms with van der Waals surface area (Å²) in [6, 6.07) is 14.3. The maximum Gasteiger partial charge on any atom is 0.191 e. The van der Waals surface area contributed by atoms with Crippen LogP contribution in [0.5, 0.6) is 5.75 Å². The molecule has 0 amide bonds. The van der Waals surface area contributed by atoms with Gasteiger partial charge in [-0.25, -0.2) is 9.67 Å². The van der Waals surface area contributed by atoms with Crippen molar-refractivity contribution in [2.24, 2.45) is 4.99 Å². The Kier molecular flexibility index (Phi) is 8.24. The van der Waals surface area contributed by atoms with Gasteiger partial charge in [0, 0.05) is 25.7 Å². The topological polar surface area (TPSA) is 76.4 Å². The summed E-state index contributed by atoms with van der Waals surface area (Å²) in [5.74, 6) is 1.61. The highest BCUT2D eigenvalue weighted by molar-refractivity contribution is 14.0.